The first kappa shape index (κ1) is 9.74. The highest BCUT2D eigenvalue weighted by Crippen LogP contribution is 2.30. The molecule has 1 aromatic rings. The van der Waals surface area contributed by atoms with Crippen molar-refractivity contribution in [2.75, 3.05) is 13.7 Å². The number of furan rings is 1. The maximum Gasteiger partial charge on any atom is 0.135 e. The second kappa shape index (κ2) is 4.15. The van der Waals surface area contributed by atoms with Gasteiger partial charge in [-0.25, -0.2) is 0 Å². The zero-order valence-corrected chi connectivity index (χ0v) is 8.75. The molecule has 0 saturated carbocycles. The lowest BCUT2D eigenvalue weighted by molar-refractivity contribution is -0.0111. The smallest absolute Gasteiger partial charge is 0.135 e. The zero-order chi connectivity index (χ0) is 9.97. The molecule has 0 aromatic carbocycles. The van der Waals surface area contributed by atoms with Gasteiger partial charge in [0.15, 0.2) is 0 Å². The molecule has 0 aliphatic carbocycles. The van der Waals surface area contributed by atoms with Crippen molar-refractivity contribution < 1.29 is 9.15 Å². The van der Waals surface area contributed by atoms with E-state index in [9.17, 15) is 0 Å². The van der Waals surface area contributed by atoms with Crippen molar-refractivity contribution in [3.8, 4) is 0 Å². The lowest BCUT2D eigenvalue weighted by Gasteiger charge is -2.28. The van der Waals surface area contributed by atoms with Gasteiger partial charge in [0.05, 0.1) is 6.26 Å². The Morgan fingerprint density at radius 2 is 2.36 bits per heavy atom. The van der Waals surface area contributed by atoms with Crippen LogP contribution in [0.2, 0.25) is 0 Å². The summed E-state index contributed by atoms with van der Waals surface area (Å²) in [7, 11) is 2.00. The maximum atomic E-state index is 5.70. The first-order valence-electron chi connectivity index (χ1n) is 5.14. The molecule has 1 aromatic heterocycles. The predicted molar refractivity (Wildman–Crippen MR) is 54.2 cm³/mol. The van der Waals surface area contributed by atoms with E-state index in [4.69, 9.17) is 9.15 Å². The summed E-state index contributed by atoms with van der Waals surface area (Å²) in [4.78, 5) is 0. The molecule has 0 radical (unpaired) electrons. The van der Waals surface area contributed by atoms with Crippen molar-refractivity contribution in [1.82, 2.24) is 5.32 Å². The highest BCUT2D eigenvalue weighted by atomic mass is 16.5. The third kappa shape index (κ3) is 1.83. The van der Waals surface area contributed by atoms with E-state index >= 15 is 0 Å². The second-order valence-corrected chi connectivity index (χ2v) is 3.84. The normalized spacial score (nSPS) is 27.9. The van der Waals surface area contributed by atoms with Crippen molar-refractivity contribution >= 4 is 0 Å². The van der Waals surface area contributed by atoms with Gasteiger partial charge in [-0.3, -0.25) is 0 Å². The fourth-order valence-corrected chi connectivity index (χ4v) is 1.96. The topological polar surface area (TPSA) is 34.4 Å². The van der Waals surface area contributed by atoms with E-state index in [1.807, 2.05) is 13.1 Å². The van der Waals surface area contributed by atoms with Crippen molar-refractivity contribution in [3.05, 3.63) is 23.7 Å². The minimum absolute atomic E-state index is 0.135. The summed E-state index contributed by atoms with van der Waals surface area (Å²) in [5.41, 5.74) is 1.19. The van der Waals surface area contributed by atoms with Gasteiger partial charge in [-0.15, -0.1) is 0 Å². The highest BCUT2D eigenvalue weighted by molar-refractivity contribution is 5.17. The summed E-state index contributed by atoms with van der Waals surface area (Å²) in [6.07, 6.45) is 3.96. The number of ether oxygens (including phenoxy) is 1. The van der Waals surface area contributed by atoms with Crippen molar-refractivity contribution in [2.24, 2.45) is 0 Å². The van der Waals surface area contributed by atoms with E-state index in [2.05, 4.69) is 12.2 Å². The van der Waals surface area contributed by atoms with E-state index in [0.29, 0.717) is 6.04 Å². The van der Waals surface area contributed by atoms with Crippen molar-refractivity contribution in [3.63, 3.8) is 0 Å². The Bertz CT molecular complexity index is 295. The van der Waals surface area contributed by atoms with Gasteiger partial charge in [0.1, 0.15) is 11.9 Å². The van der Waals surface area contributed by atoms with Crippen LogP contribution >= 0.6 is 0 Å². The molecule has 1 fully saturated rings. The van der Waals surface area contributed by atoms with Crippen LogP contribution in [0.25, 0.3) is 0 Å². The molecule has 0 amide bonds. The second-order valence-electron chi connectivity index (χ2n) is 3.84. The van der Waals surface area contributed by atoms with E-state index in [-0.39, 0.29) is 6.10 Å². The van der Waals surface area contributed by atoms with Gasteiger partial charge >= 0.3 is 0 Å². The molecule has 1 aliphatic rings. The van der Waals surface area contributed by atoms with Crippen LogP contribution in [0, 0.1) is 6.92 Å². The summed E-state index contributed by atoms with van der Waals surface area (Å²) in [6.45, 7) is 2.88. The molecule has 1 aliphatic heterocycles. The number of hydrogen-bond donors (Lipinski definition) is 1. The van der Waals surface area contributed by atoms with Crippen LogP contribution in [0.5, 0.6) is 0 Å². The Morgan fingerprint density at radius 3 is 3.00 bits per heavy atom. The van der Waals surface area contributed by atoms with Crippen LogP contribution in [0.3, 0.4) is 0 Å². The van der Waals surface area contributed by atoms with Gasteiger partial charge in [0.25, 0.3) is 0 Å². The van der Waals surface area contributed by atoms with Gasteiger partial charge < -0.3 is 14.5 Å². The van der Waals surface area contributed by atoms with Crippen LogP contribution in [0.15, 0.2) is 16.7 Å². The molecule has 2 heterocycles. The number of hydrogen-bond acceptors (Lipinski definition) is 3. The van der Waals surface area contributed by atoms with Gasteiger partial charge in [0.2, 0.25) is 0 Å². The Labute approximate surface area is 84.4 Å². The molecule has 3 nitrogen and oxygen atoms in total. The molecule has 1 saturated heterocycles. The third-order valence-electron chi connectivity index (χ3n) is 2.89. The standard InChI is InChI=1S/C11H17NO2/c1-8-3-5-14-11(8)10-7-9(12-2)4-6-13-10/h3,5,9-10,12H,4,6-7H2,1-2H3. The van der Waals surface area contributed by atoms with Gasteiger partial charge in [-0.05, 0) is 38.4 Å². The average molecular weight is 195 g/mol. The minimum Gasteiger partial charge on any atom is -0.466 e. The molecule has 2 unspecified atom stereocenters. The quantitative estimate of drug-likeness (QED) is 0.784. The summed E-state index contributed by atoms with van der Waals surface area (Å²) < 4.78 is 11.1. The first-order chi connectivity index (χ1) is 6.81. The third-order valence-corrected chi connectivity index (χ3v) is 2.89. The summed E-state index contributed by atoms with van der Waals surface area (Å²) >= 11 is 0. The van der Waals surface area contributed by atoms with E-state index in [1.54, 1.807) is 6.26 Å². The van der Waals surface area contributed by atoms with Crippen molar-refractivity contribution in [1.29, 1.82) is 0 Å². The number of aryl methyl sites for hydroxylation is 1. The van der Waals surface area contributed by atoms with Crippen LogP contribution < -0.4 is 5.32 Å². The molecule has 0 spiro atoms. The highest BCUT2D eigenvalue weighted by Gasteiger charge is 2.25. The summed E-state index contributed by atoms with van der Waals surface area (Å²) in [6, 6.07) is 2.54. The average Bonchev–Trinajstić information content (AvgIpc) is 2.65. The monoisotopic (exact) mass is 195 g/mol. The molecule has 1 N–H and O–H groups in total. The fraction of sp³-hybridized carbons (Fsp3) is 0.636. The lowest BCUT2D eigenvalue weighted by Crippen LogP contribution is -2.33. The summed E-state index contributed by atoms with van der Waals surface area (Å²) in [5.74, 6) is 0.991. The molecule has 78 valence electrons. The Balaban J connectivity index is 2.08. The minimum atomic E-state index is 0.135. The zero-order valence-electron chi connectivity index (χ0n) is 8.75. The maximum absolute atomic E-state index is 5.70. The Hall–Kier alpha value is -0.800. The molecule has 2 atom stereocenters. The summed E-state index contributed by atoms with van der Waals surface area (Å²) in [5, 5.41) is 3.29. The van der Waals surface area contributed by atoms with Crippen LogP contribution in [-0.2, 0) is 4.74 Å². The van der Waals surface area contributed by atoms with Crippen LogP contribution in [-0.4, -0.2) is 19.7 Å². The van der Waals surface area contributed by atoms with E-state index in [1.165, 1.54) is 5.56 Å². The molecule has 2 rings (SSSR count). The number of rotatable bonds is 2. The lowest BCUT2D eigenvalue weighted by atomic mass is 10.0. The van der Waals surface area contributed by atoms with Crippen LogP contribution in [0.1, 0.15) is 30.3 Å². The SMILES string of the molecule is CNC1CCOC(c2occc2C)C1. The molecular weight excluding hydrogens is 178 g/mol. The number of nitrogens with one attached hydrogen (secondary N) is 1. The Morgan fingerprint density at radius 1 is 1.50 bits per heavy atom. The van der Waals surface area contributed by atoms with E-state index in [0.717, 1.165) is 25.2 Å². The first-order valence-corrected chi connectivity index (χ1v) is 5.14. The molecule has 14 heavy (non-hydrogen) atoms. The largest absolute Gasteiger partial charge is 0.466 e. The van der Waals surface area contributed by atoms with Gasteiger partial charge in [-0.2, -0.15) is 0 Å². The van der Waals surface area contributed by atoms with E-state index < -0.39 is 0 Å². The molecule has 0 bridgehead atoms. The molecule has 3 heteroatoms. The van der Waals surface area contributed by atoms with Crippen molar-refractivity contribution in [2.45, 2.75) is 31.9 Å². The van der Waals surface area contributed by atoms with Crippen LogP contribution in [0.4, 0.5) is 0 Å². The fourth-order valence-electron chi connectivity index (χ4n) is 1.96. The van der Waals surface area contributed by atoms with Gasteiger partial charge in [0, 0.05) is 12.6 Å². The predicted octanol–water partition coefficient (Wildman–Crippen LogP) is 2.03. The Kier molecular flexibility index (Phi) is 2.89. The van der Waals surface area contributed by atoms with Gasteiger partial charge in [-0.1, -0.05) is 0 Å². The molecular formula is C11H17NO2.